The fourth-order valence-electron chi connectivity index (χ4n) is 3.03. The molecule has 2 aromatic rings. The van der Waals surface area contributed by atoms with Gasteiger partial charge in [0.2, 0.25) is 5.91 Å². The van der Waals surface area contributed by atoms with E-state index < -0.39 is 0 Å². The molecular weight excluding hydrogens is 304 g/mol. The second kappa shape index (κ2) is 7.99. The lowest BCUT2D eigenvalue weighted by Crippen LogP contribution is -2.42. The average molecular weight is 330 g/mol. The molecule has 0 fully saturated rings. The van der Waals surface area contributed by atoms with Crippen molar-refractivity contribution in [3.8, 4) is 0 Å². The number of carbonyl (C=O) groups is 2. The Morgan fingerprint density at radius 3 is 2.58 bits per heavy atom. The number of esters is 1. The third-order valence-electron chi connectivity index (χ3n) is 4.18. The largest absolute Gasteiger partial charge is 0.461 e. The number of ether oxygens (including phenoxy) is 1. The highest BCUT2D eigenvalue weighted by atomic mass is 16.5. The minimum Gasteiger partial charge on any atom is -0.461 e. The molecule has 0 saturated carbocycles. The minimum absolute atomic E-state index is 0.00473. The van der Waals surface area contributed by atoms with E-state index >= 15 is 0 Å². The van der Waals surface area contributed by atoms with Gasteiger partial charge in [-0.15, -0.1) is 0 Å². The molecule has 1 unspecified atom stereocenters. The molecule has 24 heavy (non-hydrogen) atoms. The smallest absolute Gasteiger partial charge is 0.302 e. The van der Waals surface area contributed by atoms with E-state index in [2.05, 4.69) is 17.1 Å². The van der Waals surface area contributed by atoms with Crippen LogP contribution >= 0.6 is 0 Å². The molecule has 0 aliphatic rings. The molecule has 1 atom stereocenters. The first-order valence-electron chi connectivity index (χ1n) is 8.38. The number of hydrogen-bond acceptors (Lipinski definition) is 3. The van der Waals surface area contributed by atoms with Gasteiger partial charge < -0.3 is 14.6 Å². The zero-order valence-electron chi connectivity index (χ0n) is 14.8. The number of fused-ring (bicyclic) bond motifs is 1. The lowest BCUT2D eigenvalue weighted by atomic mass is 10.0. The van der Waals surface area contributed by atoms with Crippen LogP contribution in [0.2, 0.25) is 0 Å². The van der Waals surface area contributed by atoms with Crippen molar-refractivity contribution in [2.75, 3.05) is 6.54 Å². The Kier molecular flexibility index (Phi) is 6.01. The van der Waals surface area contributed by atoms with E-state index in [4.69, 9.17) is 4.74 Å². The highest BCUT2D eigenvalue weighted by Crippen LogP contribution is 2.20. The Bertz CT molecular complexity index is 705. The van der Waals surface area contributed by atoms with Gasteiger partial charge in [-0.2, -0.15) is 0 Å². The average Bonchev–Trinajstić information content (AvgIpc) is 2.97. The van der Waals surface area contributed by atoms with E-state index in [9.17, 15) is 9.59 Å². The molecule has 1 amide bonds. The molecule has 1 N–H and O–H groups in total. The first-order chi connectivity index (χ1) is 11.4. The second-order valence-electron chi connectivity index (χ2n) is 6.39. The fourth-order valence-corrected chi connectivity index (χ4v) is 3.03. The fraction of sp³-hybridized carbons (Fsp3) is 0.474. The highest BCUT2D eigenvalue weighted by Gasteiger charge is 2.21. The van der Waals surface area contributed by atoms with Gasteiger partial charge in [-0.25, -0.2) is 0 Å². The van der Waals surface area contributed by atoms with Crippen molar-refractivity contribution in [3.05, 3.63) is 36.0 Å². The topological polar surface area (TPSA) is 62.4 Å². The van der Waals surface area contributed by atoms with Crippen molar-refractivity contribution >= 4 is 22.8 Å². The number of benzene rings is 1. The summed E-state index contributed by atoms with van der Waals surface area (Å²) < 4.78 is 5.46. The van der Waals surface area contributed by atoms with Crippen molar-refractivity contribution in [3.63, 3.8) is 0 Å². The van der Waals surface area contributed by atoms with Crippen molar-refractivity contribution in [1.82, 2.24) is 9.88 Å². The zero-order chi connectivity index (χ0) is 17.7. The molecule has 0 aliphatic carbocycles. The quantitative estimate of drug-likeness (QED) is 0.792. The molecule has 1 heterocycles. The Morgan fingerprint density at radius 2 is 1.96 bits per heavy atom. The Morgan fingerprint density at radius 1 is 1.21 bits per heavy atom. The van der Waals surface area contributed by atoms with Crippen LogP contribution in [0.4, 0.5) is 0 Å². The van der Waals surface area contributed by atoms with Gasteiger partial charge >= 0.3 is 5.97 Å². The van der Waals surface area contributed by atoms with Gasteiger partial charge in [0.25, 0.3) is 0 Å². The maximum Gasteiger partial charge on any atom is 0.302 e. The summed E-state index contributed by atoms with van der Waals surface area (Å²) in [4.78, 5) is 28.2. The van der Waals surface area contributed by atoms with Crippen LogP contribution in [0, 0.1) is 0 Å². The first kappa shape index (κ1) is 18.0. The molecule has 1 aromatic heterocycles. The first-order valence-corrected chi connectivity index (χ1v) is 8.38. The number of amides is 1. The van der Waals surface area contributed by atoms with Gasteiger partial charge in [0.15, 0.2) is 0 Å². The van der Waals surface area contributed by atoms with Gasteiger partial charge in [0.05, 0.1) is 6.54 Å². The summed E-state index contributed by atoms with van der Waals surface area (Å²) in [6, 6.07) is 8.28. The van der Waals surface area contributed by atoms with Crippen molar-refractivity contribution in [1.29, 1.82) is 0 Å². The van der Waals surface area contributed by atoms with Crippen molar-refractivity contribution < 1.29 is 14.3 Å². The lowest BCUT2D eigenvalue weighted by Gasteiger charge is -2.29. The van der Waals surface area contributed by atoms with Crippen LogP contribution in [0.3, 0.4) is 0 Å². The molecule has 0 aliphatic heterocycles. The molecule has 2 rings (SSSR count). The van der Waals surface area contributed by atoms with Crippen LogP contribution < -0.4 is 0 Å². The van der Waals surface area contributed by atoms with Crippen LogP contribution in [0.1, 0.15) is 39.7 Å². The SMILES string of the molecule is CC(=O)OC(CCc1cccc2[nH]ccc12)CN(C(C)=O)C(C)C. The Hall–Kier alpha value is -2.30. The van der Waals surface area contributed by atoms with Gasteiger partial charge in [0.1, 0.15) is 6.10 Å². The number of rotatable bonds is 7. The summed E-state index contributed by atoms with van der Waals surface area (Å²) in [7, 11) is 0. The maximum atomic E-state index is 11.8. The van der Waals surface area contributed by atoms with Crippen LogP contribution in [0.5, 0.6) is 0 Å². The van der Waals surface area contributed by atoms with Crippen LogP contribution in [0.15, 0.2) is 30.5 Å². The summed E-state index contributed by atoms with van der Waals surface area (Å²) >= 11 is 0. The standard InChI is InChI=1S/C19H26N2O3/c1-13(2)21(14(3)22)12-17(24-15(4)23)9-8-16-6-5-7-19-18(16)10-11-20-19/h5-7,10-11,13,17,20H,8-9,12H2,1-4H3. The van der Waals surface area contributed by atoms with Gasteiger partial charge in [-0.1, -0.05) is 12.1 Å². The van der Waals surface area contributed by atoms with Crippen LogP contribution in [-0.4, -0.2) is 40.5 Å². The van der Waals surface area contributed by atoms with Crippen LogP contribution in [-0.2, 0) is 20.7 Å². The molecular formula is C19H26N2O3. The number of carbonyl (C=O) groups excluding carboxylic acids is 2. The van der Waals surface area contributed by atoms with E-state index in [0.717, 1.165) is 11.9 Å². The van der Waals surface area contributed by atoms with E-state index in [0.29, 0.717) is 13.0 Å². The van der Waals surface area contributed by atoms with Crippen molar-refractivity contribution in [2.24, 2.45) is 0 Å². The third kappa shape index (κ3) is 4.60. The summed E-state index contributed by atoms with van der Waals surface area (Å²) in [5, 5.41) is 1.19. The molecule has 130 valence electrons. The molecule has 0 saturated heterocycles. The minimum atomic E-state index is -0.313. The Balaban J connectivity index is 2.09. The summed E-state index contributed by atoms with van der Waals surface area (Å²) in [6.45, 7) is 7.31. The molecule has 5 nitrogen and oxygen atoms in total. The third-order valence-corrected chi connectivity index (χ3v) is 4.18. The summed E-state index contributed by atoms with van der Waals surface area (Å²) in [5.41, 5.74) is 2.31. The molecule has 1 aromatic carbocycles. The van der Waals surface area contributed by atoms with E-state index in [1.54, 1.807) is 11.8 Å². The van der Waals surface area contributed by atoms with Gasteiger partial charge in [0, 0.05) is 37.0 Å². The lowest BCUT2D eigenvalue weighted by molar-refractivity contribution is -0.150. The van der Waals surface area contributed by atoms with Gasteiger partial charge in [-0.05, 0) is 44.4 Å². The monoisotopic (exact) mass is 330 g/mol. The number of aryl methyl sites for hydroxylation is 1. The molecule has 0 bridgehead atoms. The second-order valence-corrected chi connectivity index (χ2v) is 6.39. The predicted octanol–water partition coefficient (Wildman–Crippen LogP) is 3.29. The maximum absolute atomic E-state index is 11.8. The number of aromatic nitrogens is 1. The highest BCUT2D eigenvalue weighted by molar-refractivity contribution is 5.82. The van der Waals surface area contributed by atoms with E-state index in [-0.39, 0.29) is 24.0 Å². The summed E-state index contributed by atoms with van der Waals surface area (Å²) in [5.74, 6) is -0.318. The van der Waals surface area contributed by atoms with Crippen LogP contribution in [0.25, 0.3) is 10.9 Å². The molecule has 0 radical (unpaired) electrons. The van der Waals surface area contributed by atoms with E-state index in [1.165, 1.54) is 17.9 Å². The summed E-state index contributed by atoms with van der Waals surface area (Å²) in [6.07, 6.45) is 3.09. The number of hydrogen-bond donors (Lipinski definition) is 1. The van der Waals surface area contributed by atoms with Crippen molar-refractivity contribution in [2.45, 2.75) is 52.7 Å². The van der Waals surface area contributed by atoms with E-state index in [1.807, 2.05) is 32.2 Å². The number of H-pyrrole nitrogens is 1. The predicted molar refractivity (Wildman–Crippen MR) is 94.7 cm³/mol. The Labute approximate surface area is 143 Å². The van der Waals surface area contributed by atoms with Gasteiger partial charge in [-0.3, -0.25) is 9.59 Å². The number of nitrogens with one attached hydrogen (secondary N) is 1. The zero-order valence-corrected chi connectivity index (χ0v) is 14.8. The molecule has 0 spiro atoms. The number of aromatic amines is 1. The number of nitrogens with zero attached hydrogens (tertiary/aromatic N) is 1. The molecule has 5 heteroatoms. The normalized spacial score (nSPS) is 12.4.